The van der Waals surface area contributed by atoms with Crippen LogP contribution in [0.25, 0.3) is 0 Å². The van der Waals surface area contributed by atoms with Crippen LogP contribution in [0, 0.1) is 0 Å². The average molecular weight is 218 g/mol. The Morgan fingerprint density at radius 2 is 2.38 bits per heavy atom. The smallest absolute Gasteiger partial charge is 0.0726 e. The molecular formula is C2H4N2S3Zn. The fourth-order valence-corrected chi connectivity index (χ4v) is 1.46. The first-order chi connectivity index (χ1) is 3.29. The topological polar surface area (TPSA) is 15.3 Å². The minimum atomic E-state index is 0. The molecule has 0 aromatic rings. The van der Waals surface area contributed by atoms with Gasteiger partial charge in [0.1, 0.15) is 0 Å². The van der Waals surface area contributed by atoms with Crippen LogP contribution in [0.1, 0.15) is 0 Å². The maximum Gasteiger partial charge on any atom is 0.0726 e. The average Bonchev–Trinajstić information content (AvgIpc) is 1.87. The third-order valence-electron chi connectivity index (χ3n) is 0.478. The van der Waals surface area contributed by atoms with Gasteiger partial charge >= 0.3 is 0 Å². The normalized spacial score (nSPS) is 19.0. The van der Waals surface area contributed by atoms with Crippen LogP contribution in [0.3, 0.4) is 0 Å². The summed E-state index contributed by atoms with van der Waals surface area (Å²) in [5.41, 5.74) is 2.79. The van der Waals surface area contributed by atoms with Gasteiger partial charge in [-0.1, -0.05) is 12.8 Å². The fourth-order valence-electron chi connectivity index (χ4n) is 0.252. The van der Waals surface area contributed by atoms with E-state index >= 15 is 0 Å². The van der Waals surface area contributed by atoms with Crippen molar-refractivity contribution in [1.82, 2.24) is 9.25 Å². The third-order valence-corrected chi connectivity index (χ3v) is 1.80. The number of thiol groups is 2. The molecule has 1 aliphatic rings. The predicted octanol–water partition coefficient (Wildman–Crippen LogP) is 1.03. The summed E-state index contributed by atoms with van der Waals surface area (Å²) in [6.45, 7) is 0. The van der Waals surface area contributed by atoms with Crippen LogP contribution in [-0.2, 0) is 19.5 Å². The minimum absolute atomic E-state index is 0. The molecule has 0 fully saturated rings. The Morgan fingerprint density at radius 1 is 1.75 bits per heavy atom. The van der Waals surface area contributed by atoms with E-state index in [0.29, 0.717) is 0 Å². The Kier molecular flexibility index (Phi) is 4.66. The van der Waals surface area contributed by atoms with Crippen LogP contribution >= 0.6 is 37.4 Å². The second kappa shape index (κ2) is 4.06. The molecule has 2 nitrogen and oxygen atoms in total. The van der Waals surface area contributed by atoms with Gasteiger partial charge in [0.15, 0.2) is 0 Å². The maximum absolute atomic E-state index is 4.02. The van der Waals surface area contributed by atoms with Crippen molar-refractivity contribution >= 4 is 37.4 Å². The molecule has 0 bridgehead atoms. The van der Waals surface area contributed by atoms with Crippen molar-refractivity contribution in [1.29, 1.82) is 0 Å². The summed E-state index contributed by atoms with van der Waals surface area (Å²) < 4.78 is 2.50. The van der Waals surface area contributed by atoms with Gasteiger partial charge in [-0.3, -0.25) is 0 Å². The van der Waals surface area contributed by atoms with Crippen molar-refractivity contribution in [3.8, 4) is 0 Å². The van der Waals surface area contributed by atoms with Crippen LogP contribution in [0.5, 0.6) is 0 Å². The molecule has 0 saturated carbocycles. The van der Waals surface area contributed by atoms with E-state index in [-0.39, 0.29) is 19.5 Å². The van der Waals surface area contributed by atoms with Gasteiger partial charge in [0.25, 0.3) is 0 Å². The zero-order chi connectivity index (χ0) is 5.28. The van der Waals surface area contributed by atoms with E-state index in [1.165, 1.54) is 11.9 Å². The molecule has 0 atom stereocenters. The molecule has 0 amide bonds. The second-order valence-corrected chi connectivity index (χ2v) is 3.42. The molecular weight excluding hydrogens is 214 g/mol. The zero-order valence-corrected chi connectivity index (χ0v) is 9.61. The summed E-state index contributed by atoms with van der Waals surface area (Å²) >= 11 is 9.39. The van der Waals surface area contributed by atoms with Crippen molar-refractivity contribution in [3.63, 3.8) is 0 Å². The fraction of sp³-hybridized carbons (Fsp3) is 0. The number of hydrogen-bond acceptors (Lipinski definition) is 5. The summed E-state index contributed by atoms with van der Waals surface area (Å²) in [5.74, 6) is 0. The van der Waals surface area contributed by atoms with E-state index in [1.807, 2.05) is 0 Å². The number of hydrogen-bond donors (Lipinski definition) is 3. The summed E-state index contributed by atoms with van der Waals surface area (Å²) in [6, 6.07) is 0. The molecule has 0 unspecified atom stereocenters. The molecule has 0 aliphatic carbocycles. The Balaban J connectivity index is 0.000000490. The van der Waals surface area contributed by atoms with Crippen molar-refractivity contribution in [2.24, 2.45) is 0 Å². The summed E-state index contributed by atoms with van der Waals surface area (Å²) in [5, 5.41) is 0. The molecule has 8 heavy (non-hydrogen) atoms. The molecule has 1 N–H and O–H groups in total. The summed E-state index contributed by atoms with van der Waals surface area (Å²) in [4.78, 5) is 0. The van der Waals surface area contributed by atoms with Crippen LogP contribution < -0.4 is 5.43 Å². The number of hydrazine groups is 1. The molecule has 0 aromatic carbocycles. The quantitative estimate of drug-likeness (QED) is 0.319. The van der Waals surface area contributed by atoms with Gasteiger partial charge in [0.05, 0.1) is 4.24 Å². The Hall–Kier alpha value is 1.17. The SMILES string of the molecule is SC1=CNN(S)S1.[Zn]. The van der Waals surface area contributed by atoms with Crippen molar-refractivity contribution in [2.75, 3.05) is 0 Å². The van der Waals surface area contributed by atoms with E-state index in [0.717, 1.165) is 4.24 Å². The number of nitrogens with zero attached hydrogens (tertiary/aromatic N) is 1. The first-order valence-corrected chi connectivity index (χ1v) is 3.23. The van der Waals surface area contributed by atoms with Gasteiger partial charge in [-0.05, 0) is 11.9 Å². The molecule has 1 heterocycles. The van der Waals surface area contributed by atoms with Gasteiger partial charge < -0.3 is 5.43 Å². The summed E-state index contributed by atoms with van der Waals surface area (Å²) in [7, 11) is 0. The van der Waals surface area contributed by atoms with Crippen LogP contribution in [0.4, 0.5) is 0 Å². The van der Waals surface area contributed by atoms with Crippen LogP contribution in [0.2, 0.25) is 0 Å². The van der Waals surface area contributed by atoms with E-state index < -0.39 is 0 Å². The van der Waals surface area contributed by atoms with Crippen molar-refractivity contribution in [3.05, 3.63) is 10.4 Å². The first-order valence-electron chi connectivity index (χ1n) is 1.61. The monoisotopic (exact) mass is 216 g/mol. The van der Waals surface area contributed by atoms with Gasteiger partial charge in [-0.15, -0.1) is 16.4 Å². The van der Waals surface area contributed by atoms with E-state index in [4.69, 9.17) is 0 Å². The first kappa shape index (κ1) is 9.17. The molecule has 6 heteroatoms. The van der Waals surface area contributed by atoms with E-state index in [1.54, 1.807) is 10.0 Å². The van der Waals surface area contributed by atoms with Gasteiger partial charge in [0.2, 0.25) is 0 Å². The second-order valence-electron chi connectivity index (χ2n) is 0.976. The van der Waals surface area contributed by atoms with Gasteiger partial charge in [0, 0.05) is 25.7 Å². The van der Waals surface area contributed by atoms with E-state index in [9.17, 15) is 0 Å². The maximum atomic E-state index is 4.02. The Morgan fingerprint density at radius 3 is 2.50 bits per heavy atom. The minimum Gasteiger partial charge on any atom is -0.305 e. The number of nitrogens with one attached hydrogen (secondary N) is 1. The molecule has 0 aromatic heterocycles. The molecule has 0 spiro atoms. The third kappa shape index (κ3) is 2.64. The Bertz CT molecular complexity index is 105. The van der Waals surface area contributed by atoms with E-state index in [2.05, 4.69) is 30.9 Å². The predicted molar refractivity (Wildman–Crippen MR) is 38.6 cm³/mol. The number of rotatable bonds is 0. The standard InChI is InChI=1S/C2H4N2S3.Zn/c5-2-1-3-4(6)7-2;/h1,3,5-6H;. The molecule has 0 saturated heterocycles. The van der Waals surface area contributed by atoms with Crippen molar-refractivity contribution < 1.29 is 19.5 Å². The molecule has 0 radical (unpaired) electrons. The molecule has 1 rings (SSSR count). The van der Waals surface area contributed by atoms with Gasteiger partial charge in [-0.2, -0.15) is 0 Å². The van der Waals surface area contributed by atoms with Gasteiger partial charge in [-0.25, -0.2) is 0 Å². The van der Waals surface area contributed by atoms with Crippen LogP contribution in [-0.4, -0.2) is 3.82 Å². The zero-order valence-electron chi connectivity index (χ0n) is 4.03. The molecule has 1 aliphatic heterocycles. The molecule has 42 valence electrons. The largest absolute Gasteiger partial charge is 0.305 e. The van der Waals surface area contributed by atoms with Crippen LogP contribution in [0.15, 0.2) is 10.4 Å². The Labute approximate surface area is 76.3 Å². The van der Waals surface area contributed by atoms with Crippen molar-refractivity contribution in [2.45, 2.75) is 0 Å². The summed E-state index contributed by atoms with van der Waals surface area (Å²) in [6.07, 6.45) is 1.76.